The number of hydrogen-bond donors (Lipinski definition) is 2. The van der Waals surface area contributed by atoms with E-state index < -0.39 is 10.0 Å². The van der Waals surface area contributed by atoms with Crippen LogP contribution in [0.4, 0.5) is 0 Å². The zero-order valence-electron chi connectivity index (χ0n) is 13.1. The van der Waals surface area contributed by atoms with E-state index in [0.717, 1.165) is 12.0 Å². The largest absolute Gasteiger partial charge is 0.307 e. The van der Waals surface area contributed by atoms with Gasteiger partial charge in [0.15, 0.2) is 0 Å². The summed E-state index contributed by atoms with van der Waals surface area (Å²) in [7, 11) is -3.64. The number of primary sulfonamides is 1. The molecule has 0 aromatic heterocycles. The fourth-order valence-corrected chi connectivity index (χ4v) is 3.82. The molecule has 2 rings (SSSR count). The van der Waals surface area contributed by atoms with Crippen molar-refractivity contribution in [1.29, 1.82) is 0 Å². The van der Waals surface area contributed by atoms with Crippen LogP contribution >= 0.6 is 0 Å². The van der Waals surface area contributed by atoms with E-state index in [9.17, 15) is 8.42 Å². The van der Waals surface area contributed by atoms with Crippen molar-refractivity contribution in [2.75, 3.05) is 0 Å². The Labute approximate surface area is 128 Å². The molecule has 1 aliphatic rings. The first kappa shape index (κ1) is 16.5. The SMILES string of the molecule is CC(NC1CCCC(C)(C)C1)c1cccc(S(N)(=O)=O)c1. The summed E-state index contributed by atoms with van der Waals surface area (Å²) in [5.41, 5.74) is 1.35. The second-order valence-corrected chi connectivity index (χ2v) is 8.52. The molecule has 2 atom stereocenters. The fraction of sp³-hybridized carbons (Fsp3) is 0.625. The Morgan fingerprint density at radius 3 is 2.71 bits per heavy atom. The zero-order valence-corrected chi connectivity index (χ0v) is 13.9. The summed E-state index contributed by atoms with van der Waals surface area (Å²) in [5.74, 6) is 0. The van der Waals surface area contributed by atoms with Crippen LogP contribution in [0.15, 0.2) is 29.2 Å². The van der Waals surface area contributed by atoms with Gasteiger partial charge in [-0.1, -0.05) is 32.4 Å². The predicted octanol–water partition coefficient (Wildman–Crippen LogP) is 2.95. The van der Waals surface area contributed by atoms with E-state index in [2.05, 4.69) is 26.1 Å². The van der Waals surface area contributed by atoms with E-state index in [1.807, 2.05) is 6.07 Å². The maximum Gasteiger partial charge on any atom is 0.238 e. The Balaban J connectivity index is 2.08. The van der Waals surface area contributed by atoms with Gasteiger partial charge < -0.3 is 5.32 Å². The maximum absolute atomic E-state index is 11.4. The minimum absolute atomic E-state index is 0.116. The molecule has 0 heterocycles. The Morgan fingerprint density at radius 1 is 1.38 bits per heavy atom. The molecule has 1 fully saturated rings. The van der Waals surface area contributed by atoms with Gasteiger partial charge in [0.1, 0.15) is 0 Å². The Morgan fingerprint density at radius 2 is 2.10 bits per heavy atom. The van der Waals surface area contributed by atoms with Crippen LogP contribution in [0.25, 0.3) is 0 Å². The number of nitrogens with one attached hydrogen (secondary N) is 1. The van der Waals surface area contributed by atoms with Crippen molar-refractivity contribution in [2.24, 2.45) is 10.6 Å². The first-order valence-electron chi connectivity index (χ1n) is 7.56. The van der Waals surface area contributed by atoms with Gasteiger partial charge >= 0.3 is 0 Å². The number of hydrogen-bond acceptors (Lipinski definition) is 3. The third-order valence-electron chi connectivity index (χ3n) is 4.38. The molecular formula is C16H26N2O2S. The summed E-state index contributed by atoms with van der Waals surface area (Å²) in [4.78, 5) is 0.178. The highest BCUT2D eigenvalue weighted by molar-refractivity contribution is 7.89. The van der Waals surface area contributed by atoms with Gasteiger partial charge in [-0.2, -0.15) is 0 Å². The summed E-state index contributed by atoms with van der Waals surface area (Å²) >= 11 is 0. The van der Waals surface area contributed by atoms with Crippen LogP contribution in [-0.2, 0) is 10.0 Å². The third-order valence-corrected chi connectivity index (χ3v) is 5.29. The molecule has 0 bridgehead atoms. The first-order chi connectivity index (χ1) is 9.67. The molecule has 0 spiro atoms. The van der Waals surface area contributed by atoms with Gasteiger partial charge in [0.25, 0.3) is 0 Å². The molecule has 0 amide bonds. The van der Waals surface area contributed by atoms with E-state index in [1.165, 1.54) is 25.3 Å². The van der Waals surface area contributed by atoms with E-state index >= 15 is 0 Å². The minimum atomic E-state index is -3.64. The maximum atomic E-state index is 11.4. The second kappa shape index (κ2) is 6.07. The van der Waals surface area contributed by atoms with Crippen LogP contribution in [0.5, 0.6) is 0 Å². The Kier molecular flexibility index (Phi) is 4.76. The molecule has 1 aromatic rings. The second-order valence-electron chi connectivity index (χ2n) is 6.96. The standard InChI is InChI=1S/C16H26N2O2S/c1-12(18-14-7-5-9-16(2,3)11-14)13-6-4-8-15(10-13)21(17,19)20/h4,6,8,10,12,14,18H,5,7,9,11H2,1-3H3,(H2,17,19,20). The average molecular weight is 310 g/mol. The molecule has 21 heavy (non-hydrogen) atoms. The van der Waals surface area contributed by atoms with Crippen molar-refractivity contribution in [3.05, 3.63) is 29.8 Å². The topological polar surface area (TPSA) is 72.2 Å². The van der Waals surface area contributed by atoms with Crippen LogP contribution in [-0.4, -0.2) is 14.5 Å². The molecule has 3 N–H and O–H groups in total. The van der Waals surface area contributed by atoms with Gasteiger partial charge in [0.2, 0.25) is 10.0 Å². The monoisotopic (exact) mass is 310 g/mol. The molecule has 1 aromatic carbocycles. The molecule has 0 radical (unpaired) electrons. The van der Waals surface area contributed by atoms with Crippen molar-refractivity contribution >= 4 is 10.0 Å². The van der Waals surface area contributed by atoms with Gasteiger partial charge in [0.05, 0.1) is 4.90 Å². The minimum Gasteiger partial charge on any atom is -0.307 e. The van der Waals surface area contributed by atoms with E-state index in [-0.39, 0.29) is 10.9 Å². The van der Waals surface area contributed by atoms with E-state index in [1.54, 1.807) is 12.1 Å². The van der Waals surface area contributed by atoms with Crippen molar-refractivity contribution in [1.82, 2.24) is 5.32 Å². The van der Waals surface area contributed by atoms with Gasteiger partial charge in [-0.3, -0.25) is 0 Å². The molecule has 5 heteroatoms. The third kappa shape index (κ3) is 4.53. The summed E-state index contributed by atoms with van der Waals surface area (Å²) < 4.78 is 22.9. The highest BCUT2D eigenvalue weighted by atomic mass is 32.2. The van der Waals surface area contributed by atoms with Crippen LogP contribution in [0.1, 0.15) is 58.1 Å². The van der Waals surface area contributed by atoms with Crippen molar-refractivity contribution < 1.29 is 8.42 Å². The highest BCUT2D eigenvalue weighted by Crippen LogP contribution is 2.36. The van der Waals surface area contributed by atoms with Crippen molar-refractivity contribution in [3.8, 4) is 0 Å². The van der Waals surface area contributed by atoms with Gasteiger partial charge in [-0.25, -0.2) is 13.6 Å². The fourth-order valence-electron chi connectivity index (χ4n) is 3.25. The van der Waals surface area contributed by atoms with Crippen molar-refractivity contribution in [2.45, 2.75) is 63.4 Å². The molecule has 2 unspecified atom stereocenters. The Hall–Kier alpha value is -0.910. The molecule has 0 aliphatic heterocycles. The summed E-state index contributed by atoms with van der Waals surface area (Å²) in [6, 6.07) is 7.50. The van der Waals surface area contributed by atoms with E-state index in [4.69, 9.17) is 5.14 Å². The van der Waals surface area contributed by atoms with Gasteiger partial charge in [-0.05, 0) is 49.3 Å². The number of nitrogens with two attached hydrogens (primary N) is 1. The predicted molar refractivity (Wildman–Crippen MR) is 85.4 cm³/mol. The van der Waals surface area contributed by atoms with Crippen LogP contribution in [0.2, 0.25) is 0 Å². The highest BCUT2D eigenvalue weighted by Gasteiger charge is 2.28. The van der Waals surface area contributed by atoms with Gasteiger partial charge in [-0.15, -0.1) is 0 Å². The lowest BCUT2D eigenvalue weighted by atomic mass is 9.75. The number of rotatable bonds is 4. The summed E-state index contributed by atoms with van der Waals surface area (Å²) in [6.07, 6.45) is 4.87. The lowest BCUT2D eigenvalue weighted by molar-refractivity contribution is 0.191. The number of benzene rings is 1. The number of sulfonamides is 1. The quantitative estimate of drug-likeness (QED) is 0.898. The van der Waals surface area contributed by atoms with E-state index in [0.29, 0.717) is 11.5 Å². The molecule has 118 valence electrons. The average Bonchev–Trinajstić information content (AvgIpc) is 2.36. The summed E-state index contributed by atoms with van der Waals surface area (Å²) in [6.45, 7) is 6.70. The Bertz CT molecular complexity index is 596. The van der Waals surface area contributed by atoms with Crippen LogP contribution in [0.3, 0.4) is 0 Å². The molecule has 4 nitrogen and oxygen atoms in total. The zero-order chi connectivity index (χ0) is 15.7. The normalized spacial score (nSPS) is 23.7. The van der Waals surface area contributed by atoms with Crippen LogP contribution < -0.4 is 10.5 Å². The molecule has 0 saturated heterocycles. The first-order valence-corrected chi connectivity index (χ1v) is 9.11. The van der Waals surface area contributed by atoms with Gasteiger partial charge in [0, 0.05) is 12.1 Å². The van der Waals surface area contributed by atoms with Crippen LogP contribution in [0, 0.1) is 5.41 Å². The lowest BCUT2D eigenvalue weighted by Gasteiger charge is -2.37. The summed E-state index contributed by atoms with van der Waals surface area (Å²) in [5, 5.41) is 8.83. The molecular weight excluding hydrogens is 284 g/mol. The lowest BCUT2D eigenvalue weighted by Crippen LogP contribution is -2.38. The van der Waals surface area contributed by atoms with Crippen molar-refractivity contribution in [3.63, 3.8) is 0 Å². The molecule has 1 aliphatic carbocycles. The smallest absolute Gasteiger partial charge is 0.238 e. The molecule has 1 saturated carbocycles.